The van der Waals surface area contributed by atoms with Crippen LogP contribution in [0.1, 0.15) is 5.56 Å². The smallest absolute Gasteiger partial charge is 0.481 e. The van der Waals surface area contributed by atoms with Gasteiger partial charge in [-0.2, -0.15) is 13.4 Å². The van der Waals surface area contributed by atoms with E-state index in [0.717, 1.165) is 0 Å². The minimum atomic E-state index is -4.39. The Bertz CT molecular complexity index is 1040. The molecule has 0 saturated heterocycles. The molecule has 2 aromatic rings. The molecule has 1 aliphatic heterocycles. The van der Waals surface area contributed by atoms with E-state index in [9.17, 15) is 13.2 Å². The van der Waals surface area contributed by atoms with E-state index in [1.807, 2.05) is 0 Å². The van der Waals surface area contributed by atoms with Crippen molar-refractivity contribution in [1.29, 1.82) is 0 Å². The van der Waals surface area contributed by atoms with Crippen molar-refractivity contribution in [3.8, 4) is 5.88 Å². The molecule has 15 heteroatoms. The summed E-state index contributed by atoms with van der Waals surface area (Å²) in [6.45, 7) is 0.421. The summed E-state index contributed by atoms with van der Waals surface area (Å²) < 4.78 is 37.2. The average Bonchev–Trinajstić information content (AvgIpc) is 2.67. The first-order valence-electron chi connectivity index (χ1n) is 7.59. The second-order valence-corrected chi connectivity index (χ2v) is 7.04. The number of amides is 2. The van der Waals surface area contributed by atoms with Crippen LogP contribution in [0.25, 0.3) is 0 Å². The molecule has 29 heavy (non-hydrogen) atoms. The fourth-order valence-electron chi connectivity index (χ4n) is 2.06. The topological polar surface area (TPSA) is 154 Å². The molecular weight excluding hydrogens is 439 g/mol. The molecule has 0 aliphatic carbocycles. The van der Waals surface area contributed by atoms with Crippen molar-refractivity contribution in [2.75, 3.05) is 25.6 Å². The number of oxime groups is 1. The number of hydrogen-bond donors (Lipinski definition) is 2. The number of anilines is 1. The van der Waals surface area contributed by atoms with Gasteiger partial charge in [-0.3, -0.25) is 5.32 Å². The zero-order valence-electron chi connectivity index (χ0n) is 15.2. The summed E-state index contributed by atoms with van der Waals surface area (Å²) in [5.41, 5.74) is 0.0307. The van der Waals surface area contributed by atoms with Crippen LogP contribution in [-0.4, -0.2) is 55.6 Å². The van der Waals surface area contributed by atoms with Crippen LogP contribution in [0.4, 0.5) is 10.7 Å². The van der Waals surface area contributed by atoms with Crippen molar-refractivity contribution in [2.24, 2.45) is 5.16 Å². The molecule has 0 atom stereocenters. The Kier molecular flexibility index (Phi) is 7.98. The van der Waals surface area contributed by atoms with Gasteiger partial charge in [-0.25, -0.2) is 19.5 Å². The van der Waals surface area contributed by atoms with Crippen LogP contribution in [0.2, 0.25) is 5.15 Å². The van der Waals surface area contributed by atoms with Crippen LogP contribution in [0, 0.1) is 0 Å². The number of carbonyl (C=O) groups excluding carboxylic acids is 1. The number of carbonyl (C=O) groups is 1. The van der Waals surface area contributed by atoms with Crippen LogP contribution in [0.5, 0.6) is 5.88 Å². The predicted octanol–water partition coefficient (Wildman–Crippen LogP) is -2.24. The normalized spacial score (nSPS) is 13.1. The Hall–Kier alpha value is -2.19. The van der Waals surface area contributed by atoms with Gasteiger partial charge in [0.2, 0.25) is 11.8 Å². The zero-order chi connectivity index (χ0) is 20.1. The Balaban J connectivity index is 0.00000300. The summed E-state index contributed by atoms with van der Waals surface area (Å²) in [7, 11) is -3.05. The number of nitrogens with one attached hydrogen (secondary N) is 2. The van der Waals surface area contributed by atoms with E-state index in [-0.39, 0.29) is 71.2 Å². The molecule has 0 fully saturated rings. The molecule has 12 nitrogen and oxygen atoms in total. The van der Waals surface area contributed by atoms with E-state index >= 15 is 0 Å². The van der Waals surface area contributed by atoms with E-state index in [1.165, 1.54) is 31.5 Å². The van der Waals surface area contributed by atoms with Gasteiger partial charge in [0.25, 0.3) is 15.9 Å². The van der Waals surface area contributed by atoms with Crippen LogP contribution in [-0.2, 0) is 19.6 Å². The van der Waals surface area contributed by atoms with Gasteiger partial charge in [-0.05, 0) is 17.3 Å². The van der Waals surface area contributed by atoms with Gasteiger partial charge in [0.15, 0.2) is 11.6 Å². The summed E-state index contributed by atoms with van der Waals surface area (Å²) in [6, 6.07) is 3.08. The maximum absolute atomic E-state index is 12.6. The molecule has 1 aliphatic rings. The Morgan fingerprint density at radius 3 is 2.79 bits per heavy atom. The monoisotopic (exact) mass is 451 g/mol. The fraction of sp³-hybridized carbons (Fsp3) is 0.214. The first kappa shape index (κ1) is 23.1. The van der Waals surface area contributed by atoms with Gasteiger partial charge in [-0.1, -0.05) is 11.6 Å². The minimum absolute atomic E-state index is 0. The minimum Gasteiger partial charge on any atom is -0.481 e. The number of nitrogens with zero attached hydrogens (tertiary/aromatic N) is 4. The maximum Gasteiger partial charge on any atom is 1.00 e. The Labute approximate surface area is 192 Å². The Morgan fingerprint density at radius 1 is 1.31 bits per heavy atom. The zero-order valence-corrected chi connectivity index (χ0v) is 18.8. The number of hydrogen-bond acceptors (Lipinski definition) is 10. The first-order valence-corrected chi connectivity index (χ1v) is 9.45. The molecule has 0 aromatic carbocycles. The summed E-state index contributed by atoms with van der Waals surface area (Å²) in [6.07, 6.45) is 1.24. The van der Waals surface area contributed by atoms with Gasteiger partial charge in [0.05, 0.1) is 12.7 Å². The largest absolute Gasteiger partial charge is 1.00 e. The second-order valence-electron chi connectivity index (χ2n) is 5.05. The van der Waals surface area contributed by atoms with Crippen molar-refractivity contribution in [1.82, 2.24) is 19.7 Å². The van der Waals surface area contributed by atoms with Crippen LogP contribution in [0.3, 0.4) is 0 Å². The van der Waals surface area contributed by atoms with E-state index in [1.54, 1.807) is 4.72 Å². The summed E-state index contributed by atoms with van der Waals surface area (Å²) in [5, 5.41) is 5.33. The third-order valence-electron chi connectivity index (χ3n) is 3.15. The molecule has 148 valence electrons. The van der Waals surface area contributed by atoms with Crippen molar-refractivity contribution in [3.63, 3.8) is 0 Å². The van der Waals surface area contributed by atoms with Crippen molar-refractivity contribution in [2.45, 2.75) is 5.03 Å². The van der Waals surface area contributed by atoms with E-state index < -0.39 is 21.1 Å². The quantitative estimate of drug-likeness (QED) is 0.379. The van der Waals surface area contributed by atoms with E-state index in [0.29, 0.717) is 0 Å². The van der Waals surface area contributed by atoms with E-state index in [4.69, 9.17) is 25.9 Å². The molecule has 0 spiro atoms. The standard InChI is InChI=1S/C14H13ClN6O6S.Na/c1-25-10-7-9(15)17-13(18-10)19-14(22)21-28(23,24)12-8(3-2-4-16-12)11-20-27-6-5-26-11;/h2-4,7H,5-6H2,1H3,(H2,17,18,19,21,22);/q;+1. The number of halogens is 1. The van der Waals surface area contributed by atoms with Crippen LogP contribution >= 0.6 is 11.6 Å². The molecule has 2 amide bonds. The van der Waals surface area contributed by atoms with Gasteiger partial charge in [-0.15, -0.1) is 0 Å². The molecule has 0 radical (unpaired) electrons. The fourth-order valence-corrected chi connectivity index (χ4v) is 3.27. The van der Waals surface area contributed by atoms with Gasteiger partial charge < -0.3 is 14.3 Å². The number of rotatable bonds is 5. The van der Waals surface area contributed by atoms with Gasteiger partial charge >= 0.3 is 35.6 Å². The third kappa shape index (κ3) is 5.90. The number of ether oxygens (including phenoxy) is 2. The summed E-state index contributed by atoms with van der Waals surface area (Å²) >= 11 is 5.78. The molecule has 2 aromatic heterocycles. The number of pyridine rings is 1. The number of aromatic nitrogens is 3. The van der Waals surface area contributed by atoms with E-state index in [2.05, 4.69) is 25.4 Å². The van der Waals surface area contributed by atoms with Crippen molar-refractivity contribution in [3.05, 3.63) is 35.1 Å². The summed E-state index contributed by atoms with van der Waals surface area (Å²) in [4.78, 5) is 28.4. The van der Waals surface area contributed by atoms with Crippen LogP contribution in [0.15, 0.2) is 34.6 Å². The molecule has 0 bridgehead atoms. The number of sulfonamides is 1. The van der Waals surface area contributed by atoms with Gasteiger partial charge in [0.1, 0.15) is 11.8 Å². The first-order chi connectivity index (χ1) is 13.4. The second kappa shape index (κ2) is 10.0. The van der Waals surface area contributed by atoms with Crippen molar-refractivity contribution >= 4 is 39.5 Å². The molecule has 3 heterocycles. The van der Waals surface area contributed by atoms with Crippen LogP contribution < -0.4 is 44.3 Å². The molecule has 3 rings (SSSR count). The average molecular weight is 452 g/mol. The number of urea groups is 1. The molecule has 2 N–H and O–H groups in total. The predicted molar refractivity (Wildman–Crippen MR) is 95.6 cm³/mol. The molecule has 0 unspecified atom stereocenters. The maximum atomic E-state index is 12.6. The van der Waals surface area contributed by atoms with Gasteiger partial charge in [0, 0.05) is 12.3 Å². The summed E-state index contributed by atoms with van der Waals surface area (Å²) in [5.74, 6) is -0.243. The third-order valence-corrected chi connectivity index (χ3v) is 4.63. The van der Waals surface area contributed by atoms with Crippen molar-refractivity contribution < 1.29 is 57.1 Å². The Morgan fingerprint density at radius 2 is 2.10 bits per heavy atom. The SMILES string of the molecule is COc1cc(Cl)nc(NC(=O)NS(=O)(=O)c2ncccc2C2=NOCCO2)n1.[Na+]. The molecule has 0 saturated carbocycles. The number of methoxy groups -OCH3 is 1. The molecular formula is C14H13ClN6NaO6S+.